The van der Waals surface area contributed by atoms with E-state index >= 15 is 0 Å². The van der Waals surface area contributed by atoms with Crippen LogP contribution in [0.1, 0.15) is 18.2 Å². The summed E-state index contributed by atoms with van der Waals surface area (Å²) in [6.45, 7) is 3.63. The zero-order valence-corrected chi connectivity index (χ0v) is 12.3. The van der Waals surface area contributed by atoms with Gasteiger partial charge in [0, 0.05) is 24.2 Å². The molecule has 0 aliphatic carbocycles. The lowest BCUT2D eigenvalue weighted by Crippen LogP contribution is -2.21. The zero-order chi connectivity index (χ0) is 13.0. The highest BCUT2D eigenvalue weighted by molar-refractivity contribution is 7.20. The minimum absolute atomic E-state index is 0.226. The van der Waals surface area contributed by atoms with Gasteiger partial charge in [-0.1, -0.05) is 6.07 Å². The standard InChI is InChI=1S/C13H18N2OS2/c1-10(16)5-6-15(2)9-11-8-14-13(18-11)12-4-3-7-17-12/h3-4,7-8,10,16H,5-6,9H2,1-2H3. The molecule has 5 heteroatoms. The summed E-state index contributed by atoms with van der Waals surface area (Å²) in [5, 5.41) is 12.4. The molecular weight excluding hydrogens is 264 g/mol. The van der Waals surface area contributed by atoms with Crippen LogP contribution in [0.15, 0.2) is 23.7 Å². The summed E-state index contributed by atoms with van der Waals surface area (Å²) in [4.78, 5) is 9.18. The lowest BCUT2D eigenvalue weighted by molar-refractivity contribution is 0.163. The first-order chi connectivity index (χ1) is 8.65. The Morgan fingerprint density at radius 2 is 2.33 bits per heavy atom. The fourth-order valence-corrected chi connectivity index (χ4v) is 3.44. The summed E-state index contributed by atoms with van der Waals surface area (Å²) in [6, 6.07) is 4.15. The molecule has 1 unspecified atom stereocenters. The van der Waals surface area contributed by atoms with E-state index in [9.17, 15) is 5.11 Å². The number of thiazole rings is 1. The van der Waals surface area contributed by atoms with Crippen molar-refractivity contribution in [3.63, 3.8) is 0 Å². The number of hydrogen-bond donors (Lipinski definition) is 1. The van der Waals surface area contributed by atoms with E-state index in [4.69, 9.17) is 0 Å². The molecule has 98 valence electrons. The number of rotatable bonds is 6. The van der Waals surface area contributed by atoms with Gasteiger partial charge in [0.15, 0.2) is 0 Å². The minimum atomic E-state index is -0.226. The highest BCUT2D eigenvalue weighted by atomic mass is 32.1. The molecule has 2 rings (SSSR count). The molecular formula is C13H18N2OS2. The molecule has 0 aliphatic heterocycles. The van der Waals surface area contributed by atoms with Gasteiger partial charge in [0.1, 0.15) is 5.01 Å². The predicted molar refractivity (Wildman–Crippen MR) is 78.1 cm³/mol. The number of hydrogen-bond acceptors (Lipinski definition) is 5. The highest BCUT2D eigenvalue weighted by Gasteiger charge is 2.08. The van der Waals surface area contributed by atoms with Crippen LogP contribution in [0.2, 0.25) is 0 Å². The third kappa shape index (κ3) is 3.88. The molecule has 0 aliphatic rings. The van der Waals surface area contributed by atoms with Gasteiger partial charge >= 0.3 is 0 Å². The molecule has 1 atom stereocenters. The summed E-state index contributed by atoms with van der Waals surface area (Å²) >= 11 is 3.47. The van der Waals surface area contributed by atoms with Gasteiger partial charge in [-0.3, -0.25) is 0 Å². The number of aliphatic hydroxyl groups is 1. The van der Waals surface area contributed by atoms with Crippen LogP contribution in [0.4, 0.5) is 0 Å². The number of thiophene rings is 1. The molecule has 1 N–H and O–H groups in total. The van der Waals surface area contributed by atoms with Gasteiger partial charge in [0.2, 0.25) is 0 Å². The Bertz CT molecular complexity index is 465. The van der Waals surface area contributed by atoms with E-state index in [0.717, 1.165) is 24.5 Å². The van der Waals surface area contributed by atoms with Gasteiger partial charge in [-0.05, 0) is 31.8 Å². The molecule has 0 amide bonds. The molecule has 2 aromatic rings. The van der Waals surface area contributed by atoms with Crippen molar-refractivity contribution in [2.24, 2.45) is 0 Å². The second kappa shape index (κ2) is 6.43. The molecule has 0 aromatic carbocycles. The van der Waals surface area contributed by atoms with E-state index in [1.165, 1.54) is 9.75 Å². The van der Waals surface area contributed by atoms with Crippen molar-refractivity contribution in [2.45, 2.75) is 26.0 Å². The van der Waals surface area contributed by atoms with E-state index < -0.39 is 0 Å². The van der Waals surface area contributed by atoms with Crippen LogP contribution in [-0.4, -0.2) is 34.7 Å². The van der Waals surface area contributed by atoms with Crippen LogP contribution in [0, 0.1) is 0 Å². The maximum atomic E-state index is 9.26. The van der Waals surface area contributed by atoms with E-state index in [-0.39, 0.29) is 6.10 Å². The maximum Gasteiger partial charge on any atom is 0.133 e. The van der Waals surface area contributed by atoms with Gasteiger partial charge in [-0.2, -0.15) is 0 Å². The van der Waals surface area contributed by atoms with Gasteiger partial charge < -0.3 is 10.0 Å². The van der Waals surface area contributed by atoms with Crippen molar-refractivity contribution in [2.75, 3.05) is 13.6 Å². The van der Waals surface area contributed by atoms with Crippen LogP contribution in [0.25, 0.3) is 9.88 Å². The van der Waals surface area contributed by atoms with Crippen molar-refractivity contribution in [1.29, 1.82) is 0 Å². The van der Waals surface area contributed by atoms with Gasteiger partial charge in [-0.15, -0.1) is 22.7 Å². The highest BCUT2D eigenvalue weighted by Crippen LogP contribution is 2.29. The molecule has 0 saturated carbocycles. The molecule has 0 fully saturated rings. The van der Waals surface area contributed by atoms with Crippen molar-refractivity contribution >= 4 is 22.7 Å². The fraction of sp³-hybridized carbons (Fsp3) is 0.462. The monoisotopic (exact) mass is 282 g/mol. The summed E-state index contributed by atoms with van der Waals surface area (Å²) < 4.78 is 0. The van der Waals surface area contributed by atoms with E-state index in [1.54, 1.807) is 22.7 Å². The third-order valence-electron chi connectivity index (χ3n) is 2.64. The maximum absolute atomic E-state index is 9.26. The Morgan fingerprint density at radius 1 is 1.50 bits per heavy atom. The molecule has 2 aromatic heterocycles. The Kier molecular flexibility index (Phi) is 4.88. The van der Waals surface area contributed by atoms with Crippen LogP contribution >= 0.6 is 22.7 Å². The Labute approximate surface area is 116 Å². The van der Waals surface area contributed by atoms with E-state index in [0.29, 0.717) is 0 Å². The second-order valence-corrected chi connectivity index (χ2v) is 6.55. The van der Waals surface area contributed by atoms with Crippen molar-refractivity contribution < 1.29 is 5.11 Å². The first-order valence-electron chi connectivity index (χ1n) is 6.00. The van der Waals surface area contributed by atoms with Crippen LogP contribution in [0.5, 0.6) is 0 Å². The molecule has 0 bridgehead atoms. The first kappa shape index (κ1) is 13.7. The molecule has 3 nitrogen and oxygen atoms in total. The number of aromatic nitrogens is 1. The van der Waals surface area contributed by atoms with Crippen LogP contribution in [-0.2, 0) is 6.54 Å². The lowest BCUT2D eigenvalue weighted by atomic mass is 10.3. The quantitative estimate of drug-likeness (QED) is 0.884. The molecule has 2 heterocycles. The first-order valence-corrected chi connectivity index (χ1v) is 7.70. The van der Waals surface area contributed by atoms with Crippen molar-refractivity contribution in [3.05, 3.63) is 28.6 Å². The Balaban J connectivity index is 1.90. The minimum Gasteiger partial charge on any atom is -0.393 e. The SMILES string of the molecule is CC(O)CCN(C)Cc1cnc(-c2cccs2)s1. The molecule has 0 radical (unpaired) electrons. The number of nitrogens with zero attached hydrogens (tertiary/aromatic N) is 2. The van der Waals surface area contributed by atoms with Crippen LogP contribution in [0.3, 0.4) is 0 Å². The van der Waals surface area contributed by atoms with E-state index in [1.807, 2.05) is 13.1 Å². The van der Waals surface area contributed by atoms with Crippen molar-refractivity contribution in [3.8, 4) is 9.88 Å². The zero-order valence-electron chi connectivity index (χ0n) is 10.7. The van der Waals surface area contributed by atoms with Gasteiger partial charge in [-0.25, -0.2) is 4.98 Å². The molecule has 0 spiro atoms. The summed E-state index contributed by atoms with van der Waals surface area (Å²) in [6.07, 6.45) is 2.54. The normalized spacial score (nSPS) is 13.1. The largest absolute Gasteiger partial charge is 0.393 e. The van der Waals surface area contributed by atoms with Gasteiger partial charge in [0.05, 0.1) is 11.0 Å². The molecule has 18 heavy (non-hydrogen) atoms. The summed E-state index contributed by atoms with van der Waals surface area (Å²) in [5.74, 6) is 0. The second-order valence-electron chi connectivity index (χ2n) is 4.48. The Morgan fingerprint density at radius 3 is 3.00 bits per heavy atom. The average Bonchev–Trinajstić information content (AvgIpc) is 2.95. The van der Waals surface area contributed by atoms with E-state index in [2.05, 4.69) is 34.4 Å². The summed E-state index contributed by atoms with van der Waals surface area (Å²) in [7, 11) is 2.08. The topological polar surface area (TPSA) is 36.4 Å². The smallest absolute Gasteiger partial charge is 0.133 e. The van der Waals surface area contributed by atoms with Crippen LogP contribution < -0.4 is 0 Å². The lowest BCUT2D eigenvalue weighted by Gasteiger charge is -2.15. The number of aliphatic hydroxyl groups excluding tert-OH is 1. The predicted octanol–water partition coefficient (Wildman–Crippen LogP) is 3.07. The Hall–Kier alpha value is -0.750. The summed E-state index contributed by atoms with van der Waals surface area (Å²) in [5.41, 5.74) is 0. The third-order valence-corrected chi connectivity index (χ3v) is 4.66. The fourth-order valence-electron chi connectivity index (χ4n) is 1.65. The van der Waals surface area contributed by atoms with Gasteiger partial charge in [0.25, 0.3) is 0 Å². The molecule has 0 saturated heterocycles. The van der Waals surface area contributed by atoms with Crippen molar-refractivity contribution in [1.82, 2.24) is 9.88 Å². The average molecular weight is 282 g/mol.